The van der Waals surface area contributed by atoms with Crippen LogP contribution < -0.4 is 5.73 Å². The fourth-order valence-electron chi connectivity index (χ4n) is 2.81. The summed E-state index contributed by atoms with van der Waals surface area (Å²) in [4.78, 5) is 25.2. The number of carbonyl (C=O) groups excluding carboxylic acids is 2. The summed E-state index contributed by atoms with van der Waals surface area (Å²) in [6, 6.07) is 4.24. The highest BCUT2D eigenvalue weighted by Crippen LogP contribution is 2.19. The van der Waals surface area contributed by atoms with Crippen LogP contribution in [-0.4, -0.2) is 29.8 Å². The molecule has 0 spiro atoms. The van der Waals surface area contributed by atoms with Gasteiger partial charge in [-0.25, -0.2) is 0 Å². The van der Waals surface area contributed by atoms with Gasteiger partial charge in [-0.3, -0.25) is 9.59 Å². The lowest BCUT2D eigenvalue weighted by Crippen LogP contribution is -2.41. The first-order chi connectivity index (χ1) is 10.4. The van der Waals surface area contributed by atoms with E-state index in [-0.39, 0.29) is 17.7 Å². The van der Waals surface area contributed by atoms with Gasteiger partial charge in [0, 0.05) is 25.1 Å². The molecule has 1 fully saturated rings. The second kappa shape index (κ2) is 6.77. The van der Waals surface area contributed by atoms with Gasteiger partial charge in [-0.05, 0) is 61.9 Å². The number of hydrogen-bond acceptors (Lipinski definition) is 2. The Kier molecular flexibility index (Phi) is 5.01. The predicted octanol–water partition coefficient (Wildman–Crippen LogP) is 2.35. The Labute approximate surface area is 132 Å². The number of carbonyl (C=O) groups is 2. The number of aryl methyl sites for hydroxylation is 3. The van der Waals surface area contributed by atoms with E-state index in [9.17, 15) is 9.59 Å². The summed E-state index contributed by atoms with van der Waals surface area (Å²) >= 11 is 0. The van der Waals surface area contributed by atoms with E-state index in [0.717, 1.165) is 5.56 Å². The zero-order valence-corrected chi connectivity index (χ0v) is 13.6. The zero-order valence-electron chi connectivity index (χ0n) is 13.6. The Morgan fingerprint density at radius 3 is 2.27 bits per heavy atom. The van der Waals surface area contributed by atoms with Gasteiger partial charge >= 0.3 is 0 Å². The fourth-order valence-corrected chi connectivity index (χ4v) is 2.81. The molecule has 0 radical (unpaired) electrons. The SMILES string of the molecule is Cc1cc(C)c(/C=C\C(=O)N2CCC(C(N)=O)CC2)cc1C. The van der Waals surface area contributed by atoms with E-state index in [2.05, 4.69) is 32.9 Å². The molecule has 4 heteroatoms. The van der Waals surface area contributed by atoms with Crippen molar-refractivity contribution in [2.24, 2.45) is 11.7 Å². The average Bonchev–Trinajstić information content (AvgIpc) is 2.49. The van der Waals surface area contributed by atoms with Crippen molar-refractivity contribution < 1.29 is 9.59 Å². The molecule has 22 heavy (non-hydrogen) atoms. The highest BCUT2D eigenvalue weighted by Gasteiger charge is 2.24. The Morgan fingerprint density at radius 2 is 1.68 bits per heavy atom. The lowest BCUT2D eigenvalue weighted by Gasteiger charge is -2.29. The molecule has 1 aromatic carbocycles. The highest BCUT2D eigenvalue weighted by atomic mass is 16.2. The molecule has 0 unspecified atom stereocenters. The average molecular weight is 300 g/mol. The van der Waals surface area contributed by atoms with Crippen LogP contribution in [0.1, 0.15) is 35.1 Å². The molecule has 118 valence electrons. The van der Waals surface area contributed by atoms with Crippen molar-refractivity contribution in [3.63, 3.8) is 0 Å². The normalized spacial score (nSPS) is 16.2. The van der Waals surface area contributed by atoms with Crippen molar-refractivity contribution in [2.45, 2.75) is 33.6 Å². The Bertz CT molecular complexity index is 612. The number of amides is 2. The summed E-state index contributed by atoms with van der Waals surface area (Å²) in [6.45, 7) is 7.41. The van der Waals surface area contributed by atoms with Gasteiger partial charge in [0.15, 0.2) is 0 Å². The van der Waals surface area contributed by atoms with Gasteiger partial charge in [0.1, 0.15) is 0 Å². The van der Waals surface area contributed by atoms with Gasteiger partial charge in [-0.2, -0.15) is 0 Å². The molecule has 0 aliphatic carbocycles. The summed E-state index contributed by atoms with van der Waals surface area (Å²) < 4.78 is 0. The number of piperidine rings is 1. The molecule has 2 rings (SSSR count). The van der Waals surface area contributed by atoms with E-state index in [1.165, 1.54) is 16.7 Å². The molecule has 0 atom stereocenters. The number of rotatable bonds is 3. The van der Waals surface area contributed by atoms with E-state index < -0.39 is 0 Å². The molecular weight excluding hydrogens is 276 g/mol. The minimum Gasteiger partial charge on any atom is -0.369 e. The lowest BCUT2D eigenvalue weighted by atomic mass is 9.96. The van der Waals surface area contributed by atoms with E-state index in [1.54, 1.807) is 11.0 Å². The Hall–Kier alpha value is -2.10. The monoisotopic (exact) mass is 300 g/mol. The van der Waals surface area contributed by atoms with Crippen LogP contribution in [0.15, 0.2) is 18.2 Å². The lowest BCUT2D eigenvalue weighted by molar-refractivity contribution is -0.130. The van der Waals surface area contributed by atoms with Crippen molar-refractivity contribution in [1.82, 2.24) is 4.90 Å². The summed E-state index contributed by atoms with van der Waals surface area (Å²) in [5, 5.41) is 0. The van der Waals surface area contributed by atoms with Crippen LogP contribution in [0, 0.1) is 26.7 Å². The summed E-state index contributed by atoms with van der Waals surface area (Å²) in [5.41, 5.74) is 10.0. The van der Waals surface area contributed by atoms with E-state index in [4.69, 9.17) is 5.73 Å². The van der Waals surface area contributed by atoms with Gasteiger partial charge < -0.3 is 10.6 Å². The van der Waals surface area contributed by atoms with E-state index in [1.807, 2.05) is 6.08 Å². The van der Waals surface area contributed by atoms with Gasteiger partial charge in [-0.15, -0.1) is 0 Å². The second-order valence-corrected chi connectivity index (χ2v) is 6.13. The van der Waals surface area contributed by atoms with Crippen molar-refractivity contribution >= 4 is 17.9 Å². The van der Waals surface area contributed by atoms with Gasteiger partial charge in [0.25, 0.3) is 0 Å². The molecule has 0 saturated carbocycles. The van der Waals surface area contributed by atoms with Crippen LogP contribution in [0.25, 0.3) is 6.08 Å². The maximum atomic E-state index is 12.2. The van der Waals surface area contributed by atoms with Crippen molar-refractivity contribution in [3.05, 3.63) is 40.5 Å². The van der Waals surface area contributed by atoms with Crippen molar-refractivity contribution in [3.8, 4) is 0 Å². The molecule has 2 N–H and O–H groups in total. The van der Waals surface area contributed by atoms with Gasteiger partial charge in [-0.1, -0.05) is 12.1 Å². The largest absolute Gasteiger partial charge is 0.369 e. The minimum absolute atomic E-state index is 0.000508. The van der Waals surface area contributed by atoms with Gasteiger partial charge in [0.2, 0.25) is 11.8 Å². The van der Waals surface area contributed by atoms with Crippen LogP contribution in [0.5, 0.6) is 0 Å². The molecule has 1 aliphatic heterocycles. The Morgan fingerprint density at radius 1 is 1.09 bits per heavy atom. The molecular formula is C18H24N2O2. The zero-order chi connectivity index (χ0) is 16.3. The first-order valence-corrected chi connectivity index (χ1v) is 7.72. The summed E-state index contributed by atoms with van der Waals surface area (Å²) in [7, 11) is 0. The van der Waals surface area contributed by atoms with E-state index >= 15 is 0 Å². The Balaban J connectivity index is 2.01. The number of nitrogens with zero attached hydrogens (tertiary/aromatic N) is 1. The predicted molar refractivity (Wildman–Crippen MR) is 88.2 cm³/mol. The molecule has 1 saturated heterocycles. The first kappa shape index (κ1) is 16.3. The third-order valence-corrected chi connectivity index (χ3v) is 4.50. The smallest absolute Gasteiger partial charge is 0.246 e. The number of nitrogens with two attached hydrogens (primary N) is 1. The van der Waals surface area contributed by atoms with Crippen molar-refractivity contribution in [2.75, 3.05) is 13.1 Å². The molecule has 0 aromatic heterocycles. The molecule has 4 nitrogen and oxygen atoms in total. The second-order valence-electron chi connectivity index (χ2n) is 6.13. The number of primary amides is 1. The standard InChI is InChI=1S/C18H24N2O2/c1-12-10-14(3)16(11-13(12)2)4-5-17(21)20-8-6-15(7-9-20)18(19)22/h4-5,10-11,15H,6-9H2,1-3H3,(H2,19,22)/b5-4-. The maximum absolute atomic E-state index is 12.2. The number of likely N-dealkylation sites (tertiary alicyclic amines) is 1. The fraction of sp³-hybridized carbons (Fsp3) is 0.444. The first-order valence-electron chi connectivity index (χ1n) is 7.72. The van der Waals surface area contributed by atoms with Crippen LogP contribution in [0.4, 0.5) is 0 Å². The summed E-state index contributed by atoms with van der Waals surface area (Å²) in [5.74, 6) is -0.344. The molecule has 1 aromatic rings. The van der Waals surface area contributed by atoms with E-state index in [0.29, 0.717) is 25.9 Å². The molecule has 2 amide bonds. The molecule has 1 heterocycles. The maximum Gasteiger partial charge on any atom is 0.246 e. The van der Waals surface area contributed by atoms with Crippen molar-refractivity contribution in [1.29, 1.82) is 0 Å². The quantitative estimate of drug-likeness (QED) is 0.871. The molecule has 1 aliphatic rings. The third-order valence-electron chi connectivity index (χ3n) is 4.50. The van der Waals surface area contributed by atoms with Gasteiger partial charge in [0.05, 0.1) is 0 Å². The topological polar surface area (TPSA) is 63.4 Å². The van der Waals surface area contributed by atoms with Crippen LogP contribution in [-0.2, 0) is 9.59 Å². The number of benzene rings is 1. The van der Waals surface area contributed by atoms with Crippen LogP contribution in [0.3, 0.4) is 0 Å². The van der Waals surface area contributed by atoms with Crippen LogP contribution in [0.2, 0.25) is 0 Å². The number of hydrogen-bond donors (Lipinski definition) is 1. The summed E-state index contributed by atoms with van der Waals surface area (Å²) in [6.07, 6.45) is 4.83. The minimum atomic E-state index is -0.256. The van der Waals surface area contributed by atoms with Crippen LogP contribution >= 0.6 is 0 Å². The molecule has 0 bridgehead atoms. The third kappa shape index (κ3) is 3.75. The highest BCUT2D eigenvalue weighted by molar-refractivity contribution is 5.92.